The summed E-state index contributed by atoms with van der Waals surface area (Å²) >= 11 is 5.95. The number of alkyl halides is 3. The first kappa shape index (κ1) is 32.1. The van der Waals surface area contributed by atoms with Gasteiger partial charge in [-0.1, -0.05) is 60.1 Å². The molecule has 0 bridgehead atoms. The van der Waals surface area contributed by atoms with Gasteiger partial charge in [0.2, 0.25) is 5.91 Å². The van der Waals surface area contributed by atoms with E-state index in [2.05, 4.69) is 5.32 Å². The third-order valence-corrected chi connectivity index (χ3v) is 6.48. The highest BCUT2D eigenvalue weighted by Crippen LogP contribution is 2.24. The van der Waals surface area contributed by atoms with Gasteiger partial charge in [0.15, 0.2) is 0 Å². The summed E-state index contributed by atoms with van der Waals surface area (Å²) in [6.07, 6.45) is -4.20. The van der Waals surface area contributed by atoms with Crippen molar-refractivity contribution in [1.29, 1.82) is 0 Å². The first-order valence-corrected chi connectivity index (χ1v) is 13.5. The first-order valence-electron chi connectivity index (χ1n) is 13.1. The van der Waals surface area contributed by atoms with Crippen molar-refractivity contribution in [2.45, 2.75) is 45.0 Å². The lowest BCUT2D eigenvalue weighted by molar-refractivity contribution is -0.212. The van der Waals surface area contributed by atoms with Crippen molar-refractivity contribution in [3.63, 3.8) is 0 Å². The maximum Gasteiger partial charge on any atom is 0.490 e. The molecule has 0 unspecified atom stereocenters. The Bertz CT molecular complexity index is 1280. The molecule has 0 aliphatic carbocycles. The topological polar surface area (TPSA) is 67.9 Å². The number of carbonyl (C=O) groups excluding carboxylic acids is 2. The van der Waals surface area contributed by atoms with Crippen LogP contribution in [0.15, 0.2) is 72.8 Å². The number of carbonyl (C=O) groups is 2. The molecule has 0 atom stereocenters. The largest absolute Gasteiger partial charge is 0.490 e. The maximum absolute atomic E-state index is 12.7. The second-order valence-electron chi connectivity index (χ2n) is 10.3. The molecule has 0 saturated heterocycles. The van der Waals surface area contributed by atoms with E-state index in [1.807, 2.05) is 77.7 Å². The normalized spacial score (nSPS) is 11.9. The Hall–Kier alpha value is -3.40. The molecule has 41 heavy (non-hydrogen) atoms. The summed E-state index contributed by atoms with van der Waals surface area (Å²) in [7, 11) is 1.54. The SMILES string of the molecule is COCCN(Cc1ccc(CCC(=O)Nc2ccc(-c3ccc(Cl)cc3)cc2)cc1)CC(C)(C)OC(=O)C(F)(F)F. The smallest absolute Gasteiger partial charge is 0.452 e. The average Bonchev–Trinajstić information content (AvgIpc) is 2.91. The van der Waals surface area contributed by atoms with Gasteiger partial charge in [0.05, 0.1) is 6.61 Å². The molecule has 0 aliphatic rings. The van der Waals surface area contributed by atoms with Crippen LogP contribution in [-0.2, 0) is 32.0 Å². The number of esters is 1. The van der Waals surface area contributed by atoms with Gasteiger partial charge in [-0.15, -0.1) is 0 Å². The van der Waals surface area contributed by atoms with Crippen LogP contribution in [0.2, 0.25) is 5.02 Å². The van der Waals surface area contributed by atoms with E-state index in [0.717, 1.165) is 22.3 Å². The third-order valence-electron chi connectivity index (χ3n) is 6.23. The average molecular weight is 591 g/mol. The fraction of sp³-hybridized carbons (Fsp3) is 0.355. The number of halogens is 4. The van der Waals surface area contributed by atoms with Crippen LogP contribution in [0.4, 0.5) is 18.9 Å². The number of aryl methyl sites for hydroxylation is 1. The number of hydrogen-bond donors (Lipinski definition) is 1. The molecule has 3 rings (SSSR count). The lowest BCUT2D eigenvalue weighted by atomic mass is 10.0. The van der Waals surface area contributed by atoms with E-state index in [0.29, 0.717) is 43.2 Å². The minimum atomic E-state index is -5.05. The van der Waals surface area contributed by atoms with Crippen molar-refractivity contribution in [2.75, 3.05) is 32.1 Å². The number of amides is 1. The van der Waals surface area contributed by atoms with Crippen LogP contribution in [-0.4, -0.2) is 55.4 Å². The minimum Gasteiger partial charge on any atom is -0.452 e. The Kier molecular flexibility index (Phi) is 11.3. The zero-order valence-electron chi connectivity index (χ0n) is 23.3. The lowest BCUT2D eigenvalue weighted by Gasteiger charge is -2.32. The molecular formula is C31H34ClF3N2O4. The van der Waals surface area contributed by atoms with Crippen LogP contribution in [0, 0.1) is 0 Å². The van der Waals surface area contributed by atoms with Crippen LogP contribution in [0.25, 0.3) is 11.1 Å². The van der Waals surface area contributed by atoms with Crippen molar-refractivity contribution >= 4 is 29.2 Å². The van der Waals surface area contributed by atoms with E-state index >= 15 is 0 Å². The van der Waals surface area contributed by atoms with Crippen molar-refractivity contribution in [3.05, 3.63) is 88.9 Å². The maximum atomic E-state index is 12.7. The van der Waals surface area contributed by atoms with Crippen LogP contribution in [0.5, 0.6) is 0 Å². The first-order chi connectivity index (χ1) is 19.3. The second-order valence-corrected chi connectivity index (χ2v) is 10.7. The third kappa shape index (κ3) is 10.8. The molecule has 1 N–H and O–H groups in total. The molecule has 6 nitrogen and oxygen atoms in total. The number of ether oxygens (including phenoxy) is 2. The van der Waals surface area contributed by atoms with E-state index in [-0.39, 0.29) is 12.5 Å². The summed E-state index contributed by atoms with van der Waals surface area (Å²) in [6, 6.07) is 22.8. The molecular weight excluding hydrogens is 557 g/mol. The van der Waals surface area contributed by atoms with E-state index in [4.69, 9.17) is 21.1 Å². The molecule has 0 aromatic heterocycles. The highest BCUT2D eigenvalue weighted by Gasteiger charge is 2.44. The molecule has 10 heteroatoms. The number of nitrogens with zero attached hydrogens (tertiary/aromatic N) is 1. The number of methoxy groups -OCH3 is 1. The Labute approximate surface area is 243 Å². The van der Waals surface area contributed by atoms with E-state index < -0.39 is 17.7 Å². The monoisotopic (exact) mass is 590 g/mol. The van der Waals surface area contributed by atoms with E-state index in [9.17, 15) is 22.8 Å². The predicted octanol–water partition coefficient (Wildman–Crippen LogP) is 6.91. The van der Waals surface area contributed by atoms with Crippen molar-refractivity contribution in [3.8, 4) is 11.1 Å². The number of hydrogen-bond acceptors (Lipinski definition) is 5. The van der Waals surface area contributed by atoms with Crippen LogP contribution in [0.3, 0.4) is 0 Å². The summed E-state index contributed by atoms with van der Waals surface area (Å²) in [5.41, 5.74) is 3.31. The Balaban J connectivity index is 1.51. The molecule has 3 aromatic carbocycles. The molecule has 0 fully saturated rings. The molecule has 0 radical (unpaired) electrons. The van der Waals surface area contributed by atoms with Crippen LogP contribution < -0.4 is 5.32 Å². The predicted molar refractivity (Wildman–Crippen MR) is 154 cm³/mol. The Morgan fingerprint density at radius 2 is 1.44 bits per heavy atom. The van der Waals surface area contributed by atoms with Gasteiger partial charge < -0.3 is 14.8 Å². The summed E-state index contributed by atoms with van der Waals surface area (Å²) < 4.78 is 47.9. The summed E-state index contributed by atoms with van der Waals surface area (Å²) in [5, 5.41) is 3.59. The molecule has 0 spiro atoms. The van der Waals surface area contributed by atoms with Crippen molar-refractivity contribution in [1.82, 2.24) is 4.90 Å². The summed E-state index contributed by atoms with van der Waals surface area (Å²) in [5.74, 6) is -2.31. The summed E-state index contributed by atoms with van der Waals surface area (Å²) in [6.45, 7) is 4.19. The highest BCUT2D eigenvalue weighted by atomic mass is 35.5. The molecule has 0 heterocycles. The minimum absolute atomic E-state index is 0.0841. The van der Waals surface area contributed by atoms with Gasteiger partial charge in [0, 0.05) is 43.9 Å². The number of nitrogens with one attached hydrogen (secondary N) is 1. The quantitative estimate of drug-likeness (QED) is 0.219. The Morgan fingerprint density at radius 3 is 2.00 bits per heavy atom. The number of anilines is 1. The lowest BCUT2D eigenvalue weighted by Crippen LogP contribution is -2.45. The van der Waals surface area contributed by atoms with Gasteiger partial charge in [-0.05, 0) is 66.8 Å². The van der Waals surface area contributed by atoms with Gasteiger partial charge in [-0.3, -0.25) is 9.69 Å². The van der Waals surface area contributed by atoms with Crippen molar-refractivity contribution in [2.24, 2.45) is 0 Å². The van der Waals surface area contributed by atoms with E-state index in [1.54, 1.807) is 0 Å². The molecule has 3 aromatic rings. The summed E-state index contributed by atoms with van der Waals surface area (Å²) in [4.78, 5) is 25.7. The van der Waals surface area contributed by atoms with Crippen LogP contribution in [0.1, 0.15) is 31.4 Å². The molecule has 0 saturated carbocycles. The van der Waals surface area contributed by atoms with Gasteiger partial charge in [-0.2, -0.15) is 13.2 Å². The fourth-order valence-electron chi connectivity index (χ4n) is 4.25. The van der Waals surface area contributed by atoms with Crippen molar-refractivity contribution < 1.29 is 32.2 Å². The molecule has 1 amide bonds. The number of rotatable bonds is 13. The molecule has 0 aliphatic heterocycles. The van der Waals surface area contributed by atoms with Gasteiger partial charge >= 0.3 is 12.1 Å². The van der Waals surface area contributed by atoms with Gasteiger partial charge in [-0.25, -0.2) is 4.79 Å². The fourth-order valence-corrected chi connectivity index (χ4v) is 4.38. The zero-order valence-corrected chi connectivity index (χ0v) is 24.0. The molecule has 220 valence electrons. The van der Waals surface area contributed by atoms with Gasteiger partial charge in [0.25, 0.3) is 0 Å². The van der Waals surface area contributed by atoms with Gasteiger partial charge in [0.1, 0.15) is 5.60 Å². The van der Waals surface area contributed by atoms with Crippen LogP contribution >= 0.6 is 11.6 Å². The second kappa shape index (κ2) is 14.5. The number of benzene rings is 3. The highest BCUT2D eigenvalue weighted by molar-refractivity contribution is 6.30. The van der Waals surface area contributed by atoms with E-state index in [1.165, 1.54) is 21.0 Å². The standard InChI is InChI=1S/C31H34ClF3N2O4/c1-30(2,41-29(39)31(33,34)35)21-37(18-19-40-3)20-23-6-4-22(5-7-23)8-17-28(38)36-27-15-11-25(12-16-27)24-9-13-26(32)14-10-24/h4-7,9-16H,8,17-21H2,1-3H3,(H,36,38). The Morgan fingerprint density at radius 1 is 0.878 bits per heavy atom. The zero-order chi connectivity index (χ0) is 30.0.